The molecule has 0 unspecified atom stereocenters. The van der Waals surface area contributed by atoms with Crippen LogP contribution >= 0.6 is 0 Å². The summed E-state index contributed by atoms with van der Waals surface area (Å²) >= 11 is 0. The van der Waals surface area contributed by atoms with Crippen molar-refractivity contribution in [1.29, 1.82) is 0 Å². The normalized spacial score (nSPS) is 33.2. The van der Waals surface area contributed by atoms with Crippen LogP contribution in [-0.4, -0.2) is 41.1 Å². The summed E-state index contributed by atoms with van der Waals surface area (Å²) < 4.78 is 27.6. The number of nitrogens with zero attached hydrogens (tertiary/aromatic N) is 1. The first-order valence-corrected chi connectivity index (χ1v) is 8.65. The molecule has 3 aliphatic rings. The standard InChI is InChI=1S/C18H20F2N2O3/c19-12-4-1-5-13(20)15(12)11-7-14(11)21-17(25)22-8-10-3-2-6-18(10,9-22)16(23)24/h1,4-5,10-11,14H,2-3,6-9H2,(H,21,25)(H,23,24)/t10-,11+,14+,18+/m0/s1. The van der Waals surface area contributed by atoms with Gasteiger partial charge in [-0.05, 0) is 37.3 Å². The van der Waals surface area contributed by atoms with Crippen LogP contribution in [0.2, 0.25) is 0 Å². The summed E-state index contributed by atoms with van der Waals surface area (Å²) in [6.45, 7) is 0.647. The fraction of sp³-hybridized carbons (Fsp3) is 0.556. The number of amides is 2. The predicted octanol–water partition coefficient (Wildman–Crippen LogP) is 2.72. The molecule has 0 radical (unpaired) electrons. The number of aliphatic carboxylic acids is 1. The van der Waals surface area contributed by atoms with Gasteiger partial charge in [-0.25, -0.2) is 13.6 Å². The molecule has 4 rings (SSSR count). The number of hydrogen-bond acceptors (Lipinski definition) is 2. The van der Waals surface area contributed by atoms with Gasteiger partial charge in [0.1, 0.15) is 11.6 Å². The van der Waals surface area contributed by atoms with Crippen molar-refractivity contribution < 1.29 is 23.5 Å². The predicted molar refractivity (Wildman–Crippen MR) is 85.0 cm³/mol. The molecule has 134 valence electrons. The summed E-state index contributed by atoms with van der Waals surface area (Å²) in [5.74, 6) is -2.39. The van der Waals surface area contributed by atoms with Crippen molar-refractivity contribution in [3.63, 3.8) is 0 Å². The molecule has 2 N–H and O–H groups in total. The van der Waals surface area contributed by atoms with Crippen LogP contribution < -0.4 is 5.32 Å². The van der Waals surface area contributed by atoms with E-state index in [9.17, 15) is 23.5 Å². The van der Waals surface area contributed by atoms with E-state index in [4.69, 9.17) is 0 Å². The second-order valence-electron chi connectivity index (χ2n) is 7.46. The molecule has 0 bridgehead atoms. The zero-order valence-electron chi connectivity index (χ0n) is 13.7. The zero-order valence-corrected chi connectivity index (χ0v) is 13.7. The summed E-state index contributed by atoms with van der Waals surface area (Å²) in [6.07, 6.45) is 2.79. The Labute approximate surface area is 144 Å². The molecule has 0 spiro atoms. The highest BCUT2D eigenvalue weighted by Crippen LogP contribution is 2.49. The lowest BCUT2D eigenvalue weighted by molar-refractivity contribution is -0.149. The lowest BCUT2D eigenvalue weighted by Gasteiger charge is -2.23. The van der Waals surface area contributed by atoms with Crippen LogP contribution in [0.1, 0.15) is 37.2 Å². The number of carboxylic acid groups (broad SMARTS) is 1. The average Bonchev–Trinajstić information content (AvgIpc) is 3.01. The van der Waals surface area contributed by atoms with Crippen molar-refractivity contribution in [2.45, 2.75) is 37.6 Å². The summed E-state index contributed by atoms with van der Waals surface area (Å²) in [6, 6.07) is 3.11. The molecule has 4 atom stereocenters. The summed E-state index contributed by atoms with van der Waals surface area (Å²) in [5.41, 5.74) is -0.800. The van der Waals surface area contributed by atoms with E-state index in [0.29, 0.717) is 19.4 Å². The van der Waals surface area contributed by atoms with Crippen molar-refractivity contribution in [3.05, 3.63) is 35.4 Å². The lowest BCUT2D eigenvalue weighted by atomic mass is 9.81. The van der Waals surface area contributed by atoms with E-state index in [1.807, 2.05) is 0 Å². The first-order valence-electron chi connectivity index (χ1n) is 8.65. The summed E-state index contributed by atoms with van der Waals surface area (Å²) in [4.78, 5) is 25.7. The van der Waals surface area contributed by atoms with Gasteiger partial charge in [-0.1, -0.05) is 12.5 Å². The molecule has 2 saturated carbocycles. The van der Waals surface area contributed by atoms with Gasteiger partial charge in [0, 0.05) is 30.6 Å². The maximum Gasteiger partial charge on any atom is 0.317 e. The zero-order chi connectivity index (χ0) is 17.8. The van der Waals surface area contributed by atoms with E-state index in [1.165, 1.54) is 18.2 Å². The minimum atomic E-state index is -0.831. The number of halogens is 2. The van der Waals surface area contributed by atoms with Crippen LogP contribution in [0.15, 0.2) is 18.2 Å². The Morgan fingerprint density at radius 1 is 1.28 bits per heavy atom. The van der Waals surface area contributed by atoms with Gasteiger partial charge >= 0.3 is 12.0 Å². The Hall–Kier alpha value is -2.18. The maximum atomic E-state index is 13.8. The van der Waals surface area contributed by atoms with Gasteiger partial charge in [-0.2, -0.15) is 0 Å². The number of benzene rings is 1. The summed E-state index contributed by atoms with van der Waals surface area (Å²) in [5, 5.41) is 12.4. The third-order valence-corrected chi connectivity index (χ3v) is 6.05. The maximum absolute atomic E-state index is 13.8. The Morgan fingerprint density at radius 3 is 2.64 bits per heavy atom. The second-order valence-corrected chi connectivity index (χ2v) is 7.46. The van der Waals surface area contributed by atoms with E-state index < -0.39 is 23.0 Å². The SMILES string of the molecule is O=C(N[C@@H]1C[C@H]1c1c(F)cccc1F)N1C[C@@H]2CCC[C@@]2(C(=O)O)C1. The number of fused-ring (bicyclic) bond motifs is 1. The fourth-order valence-electron chi connectivity index (χ4n) is 4.58. The lowest BCUT2D eigenvalue weighted by Crippen LogP contribution is -2.42. The molecule has 5 nitrogen and oxygen atoms in total. The third kappa shape index (κ3) is 2.56. The molecule has 7 heteroatoms. The molecule has 2 aliphatic carbocycles. The highest BCUT2D eigenvalue weighted by Gasteiger charge is 2.56. The van der Waals surface area contributed by atoms with Crippen LogP contribution in [0.25, 0.3) is 0 Å². The Kier molecular flexibility index (Phi) is 3.70. The number of carboxylic acids is 1. The van der Waals surface area contributed by atoms with Crippen LogP contribution in [0.3, 0.4) is 0 Å². The quantitative estimate of drug-likeness (QED) is 0.881. The second kappa shape index (κ2) is 5.68. The van der Waals surface area contributed by atoms with Crippen molar-refractivity contribution >= 4 is 12.0 Å². The first kappa shape index (κ1) is 16.3. The van der Waals surface area contributed by atoms with Gasteiger partial charge in [-0.3, -0.25) is 4.79 Å². The number of carbonyl (C=O) groups excluding carboxylic acids is 1. The van der Waals surface area contributed by atoms with E-state index in [-0.39, 0.29) is 36.0 Å². The average molecular weight is 350 g/mol. The van der Waals surface area contributed by atoms with Crippen LogP contribution in [0, 0.1) is 23.0 Å². The largest absolute Gasteiger partial charge is 0.481 e. The number of rotatable bonds is 3. The number of nitrogens with one attached hydrogen (secondary N) is 1. The molecule has 3 fully saturated rings. The number of carbonyl (C=O) groups is 2. The van der Waals surface area contributed by atoms with Gasteiger partial charge in [-0.15, -0.1) is 0 Å². The molecule has 2 amide bonds. The molecule has 1 aromatic rings. The van der Waals surface area contributed by atoms with Crippen molar-refractivity contribution in [3.8, 4) is 0 Å². The molecule has 1 saturated heterocycles. The van der Waals surface area contributed by atoms with E-state index in [2.05, 4.69) is 5.32 Å². The van der Waals surface area contributed by atoms with E-state index in [1.54, 1.807) is 4.90 Å². The monoisotopic (exact) mass is 350 g/mol. The van der Waals surface area contributed by atoms with Gasteiger partial charge in [0.25, 0.3) is 0 Å². The Balaban J connectivity index is 1.41. The fourth-order valence-corrected chi connectivity index (χ4v) is 4.58. The minimum Gasteiger partial charge on any atom is -0.481 e. The molecule has 0 aromatic heterocycles. The molecule has 1 aliphatic heterocycles. The van der Waals surface area contributed by atoms with Gasteiger partial charge in [0.05, 0.1) is 5.41 Å². The topological polar surface area (TPSA) is 69.6 Å². The Morgan fingerprint density at radius 2 is 2.00 bits per heavy atom. The summed E-state index contributed by atoms with van der Waals surface area (Å²) in [7, 11) is 0. The minimum absolute atomic E-state index is 0.00485. The number of urea groups is 1. The van der Waals surface area contributed by atoms with Gasteiger partial charge in [0.15, 0.2) is 0 Å². The Bertz CT molecular complexity index is 721. The van der Waals surface area contributed by atoms with Gasteiger partial charge < -0.3 is 15.3 Å². The van der Waals surface area contributed by atoms with Crippen molar-refractivity contribution in [2.75, 3.05) is 13.1 Å². The van der Waals surface area contributed by atoms with Crippen LogP contribution in [0.4, 0.5) is 13.6 Å². The smallest absolute Gasteiger partial charge is 0.317 e. The van der Waals surface area contributed by atoms with Crippen molar-refractivity contribution in [2.24, 2.45) is 11.3 Å². The number of hydrogen-bond donors (Lipinski definition) is 2. The third-order valence-electron chi connectivity index (χ3n) is 6.05. The highest BCUT2D eigenvalue weighted by atomic mass is 19.1. The molecular weight excluding hydrogens is 330 g/mol. The molecular formula is C18H20F2N2O3. The highest BCUT2D eigenvalue weighted by molar-refractivity contribution is 5.81. The molecule has 1 aromatic carbocycles. The van der Waals surface area contributed by atoms with E-state index in [0.717, 1.165) is 12.8 Å². The van der Waals surface area contributed by atoms with Crippen LogP contribution in [-0.2, 0) is 4.79 Å². The van der Waals surface area contributed by atoms with Crippen molar-refractivity contribution in [1.82, 2.24) is 10.2 Å². The molecule has 1 heterocycles. The van der Waals surface area contributed by atoms with E-state index >= 15 is 0 Å². The van der Waals surface area contributed by atoms with Gasteiger partial charge in [0.2, 0.25) is 0 Å². The molecule has 25 heavy (non-hydrogen) atoms. The number of likely N-dealkylation sites (tertiary alicyclic amines) is 1. The first-order chi connectivity index (χ1) is 11.9. The van der Waals surface area contributed by atoms with Crippen LogP contribution in [0.5, 0.6) is 0 Å².